The number of amides is 2. The summed E-state index contributed by atoms with van der Waals surface area (Å²) in [5, 5.41) is 8.23. The van der Waals surface area contributed by atoms with E-state index >= 15 is 0 Å². The lowest BCUT2D eigenvalue weighted by atomic mass is 10.00. The highest BCUT2D eigenvalue weighted by Crippen LogP contribution is 2.39. The zero-order valence-corrected chi connectivity index (χ0v) is 22.6. The van der Waals surface area contributed by atoms with Gasteiger partial charge in [0.2, 0.25) is 0 Å². The van der Waals surface area contributed by atoms with Crippen LogP contribution in [0.3, 0.4) is 0 Å². The second kappa shape index (κ2) is 10.3. The Morgan fingerprint density at radius 1 is 0.923 bits per heavy atom. The normalized spacial score (nSPS) is 14.4. The molecule has 0 spiro atoms. The lowest BCUT2D eigenvalue weighted by Crippen LogP contribution is -2.38. The number of aromatic nitrogens is 3. The lowest BCUT2D eigenvalue weighted by Gasteiger charge is -2.31. The van der Waals surface area contributed by atoms with Crippen LogP contribution < -0.4 is 5.32 Å². The van der Waals surface area contributed by atoms with E-state index in [1.165, 1.54) is 5.56 Å². The molecule has 0 aliphatic carbocycles. The Morgan fingerprint density at radius 3 is 2.44 bits per heavy atom. The van der Waals surface area contributed by atoms with Crippen LogP contribution in [0, 0.1) is 6.92 Å². The summed E-state index contributed by atoms with van der Waals surface area (Å²) in [5.74, 6) is 0.985. The molecular weight excluding hydrogens is 482 g/mol. The van der Waals surface area contributed by atoms with Gasteiger partial charge in [0.25, 0.3) is 0 Å². The summed E-state index contributed by atoms with van der Waals surface area (Å²) in [5.41, 5.74) is 8.33. The number of aryl methyl sites for hydroxylation is 3. The van der Waals surface area contributed by atoms with E-state index in [0.29, 0.717) is 6.54 Å². The molecule has 0 saturated carbocycles. The maximum Gasteiger partial charge on any atom is 0.322 e. The van der Waals surface area contributed by atoms with Crippen molar-refractivity contribution in [2.75, 3.05) is 5.32 Å². The Morgan fingerprint density at radius 2 is 1.72 bits per heavy atom. The molecule has 1 atom stereocenters. The molecule has 0 saturated heterocycles. The fraction of sp³-hybridized carbons (Fsp3) is 0.212. The van der Waals surface area contributed by atoms with E-state index in [1.807, 2.05) is 39.9 Å². The SMILES string of the molecule is CCc1ccc(NC(=O)N2Cc3c(CC)nn(-c4ccccc4)c3-n3cccc3[C@@H]2c2cccc(C)c2)cc1. The molecule has 3 aromatic carbocycles. The molecule has 196 valence electrons. The summed E-state index contributed by atoms with van der Waals surface area (Å²) in [7, 11) is 0. The Labute approximate surface area is 229 Å². The van der Waals surface area contributed by atoms with E-state index in [0.717, 1.165) is 58.1 Å². The van der Waals surface area contributed by atoms with Gasteiger partial charge in [-0.1, -0.05) is 74.0 Å². The Hall–Kier alpha value is -4.58. The molecule has 0 unspecified atom stereocenters. The second-order valence-corrected chi connectivity index (χ2v) is 10.1. The molecule has 0 bridgehead atoms. The third-order valence-corrected chi connectivity index (χ3v) is 7.54. The monoisotopic (exact) mass is 515 g/mol. The molecule has 1 N–H and O–H groups in total. The topological polar surface area (TPSA) is 55.1 Å². The smallest absolute Gasteiger partial charge is 0.308 e. The first kappa shape index (κ1) is 24.7. The number of carbonyl (C=O) groups is 1. The predicted molar refractivity (Wildman–Crippen MR) is 156 cm³/mol. The van der Waals surface area contributed by atoms with Crippen molar-refractivity contribution < 1.29 is 4.79 Å². The van der Waals surface area contributed by atoms with Gasteiger partial charge in [-0.3, -0.25) is 0 Å². The van der Waals surface area contributed by atoms with Gasteiger partial charge in [0.05, 0.1) is 29.7 Å². The average molecular weight is 516 g/mol. The Kier molecular flexibility index (Phi) is 6.53. The second-order valence-electron chi connectivity index (χ2n) is 10.1. The van der Waals surface area contributed by atoms with Gasteiger partial charge in [0, 0.05) is 17.4 Å². The summed E-state index contributed by atoms with van der Waals surface area (Å²) >= 11 is 0. The molecule has 0 radical (unpaired) electrons. The third-order valence-electron chi connectivity index (χ3n) is 7.54. The minimum atomic E-state index is -0.281. The molecule has 6 rings (SSSR count). The molecule has 0 fully saturated rings. The highest BCUT2D eigenvalue weighted by atomic mass is 16.2. The number of urea groups is 1. The van der Waals surface area contributed by atoms with E-state index in [2.05, 4.69) is 97.5 Å². The number of hydrogen-bond donors (Lipinski definition) is 1. The zero-order chi connectivity index (χ0) is 26.9. The largest absolute Gasteiger partial charge is 0.322 e. The third kappa shape index (κ3) is 4.52. The number of rotatable bonds is 5. The predicted octanol–water partition coefficient (Wildman–Crippen LogP) is 7.23. The fourth-order valence-electron chi connectivity index (χ4n) is 5.56. The van der Waals surface area contributed by atoms with Crippen molar-refractivity contribution in [1.82, 2.24) is 19.2 Å². The Balaban J connectivity index is 1.53. The number of carbonyl (C=O) groups excluding carboxylic acids is 1. The van der Waals surface area contributed by atoms with Gasteiger partial charge in [0.1, 0.15) is 5.82 Å². The minimum absolute atomic E-state index is 0.138. The molecule has 2 aromatic heterocycles. The molecule has 6 heteroatoms. The summed E-state index contributed by atoms with van der Waals surface area (Å²) in [6.45, 7) is 6.78. The summed E-state index contributed by atoms with van der Waals surface area (Å²) in [6, 6.07) is 30.5. The van der Waals surface area contributed by atoms with Gasteiger partial charge in [-0.05, 0) is 67.3 Å². The van der Waals surface area contributed by atoms with E-state index < -0.39 is 0 Å². The van der Waals surface area contributed by atoms with Crippen molar-refractivity contribution in [3.63, 3.8) is 0 Å². The minimum Gasteiger partial charge on any atom is -0.308 e. The highest BCUT2D eigenvalue weighted by molar-refractivity contribution is 5.90. The number of nitrogens with zero attached hydrogens (tertiary/aromatic N) is 4. The van der Waals surface area contributed by atoms with Crippen LogP contribution in [-0.4, -0.2) is 25.3 Å². The summed E-state index contributed by atoms with van der Waals surface area (Å²) in [6.07, 6.45) is 3.81. The van der Waals surface area contributed by atoms with Crippen molar-refractivity contribution in [1.29, 1.82) is 0 Å². The summed E-state index contributed by atoms with van der Waals surface area (Å²) < 4.78 is 4.24. The van der Waals surface area contributed by atoms with Crippen LogP contribution in [-0.2, 0) is 19.4 Å². The molecular formula is C33H33N5O. The van der Waals surface area contributed by atoms with E-state index in [9.17, 15) is 4.79 Å². The van der Waals surface area contributed by atoms with Gasteiger partial charge >= 0.3 is 6.03 Å². The van der Waals surface area contributed by atoms with Crippen molar-refractivity contribution in [3.8, 4) is 11.5 Å². The quantitative estimate of drug-likeness (QED) is 0.268. The molecule has 1 aliphatic rings. The van der Waals surface area contributed by atoms with Crippen molar-refractivity contribution in [2.24, 2.45) is 0 Å². The fourth-order valence-corrected chi connectivity index (χ4v) is 5.56. The number of fused-ring (bicyclic) bond motifs is 3. The first-order valence-corrected chi connectivity index (χ1v) is 13.6. The van der Waals surface area contributed by atoms with Crippen LogP contribution in [0.5, 0.6) is 0 Å². The van der Waals surface area contributed by atoms with Gasteiger partial charge in [-0.15, -0.1) is 0 Å². The molecule has 3 heterocycles. The molecule has 1 aliphatic heterocycles. The first-order chi connectivity index (χ1) is 19.1. The van der Waals surface area contributed by atoms with E-state index in [1.54, 1.807) is 0 Å². The van der Waals surface area contributed by atoms with Crippen molar-refractivity contribution >= 4 is 11.7 Å². The van der Waals surface area contributed by atoms with E-state index in [4.69, 9.17) is 5.10 Å². The zero-order valence-electron chi connectivity index (χ0n) is 22.6. The number of benzene rings is 3. The van der Waals surface area contributed by atoms with Crippen LogP contribution in [0.25, 0.3) is 11.5 Å². The van der Waals surface area contributed by atoms with Crippen LogP contribution in [0.4, 0.5) is 10.5 Å². The number of para-hydroxylation sites is 1. The van der Waals surface area contributed by atoms with E-state index in [-0.39, 0.29) is 12.1 Å². The number of hydrogen-bond acceptors (Lipinski definition) is 2. The number of nitrogens with one attached hydrogen (secondary N) is 1. The van der Waals surface area contributed by atoms with Crippen LogP contribution >= 0.6 is 0 Å². The van der Waals surface area contributed by atoms with Gasteiger partial charge in [0.15, 0.2) is 0 Å². The lowest BCUT2D eigenvalue weighted by molar-refractivity contribution is 0.194. The Bertz CT molecular complexity index is 1610. The average Bonchev–Trinajstić information content (AvgIpc) is 3.55. The van der Waals surface area contributed by atoms with Crippen LogP contribution in [0.15, 0.2) is 97.2 Å². The molecule has 2 amide bonds. The van der Waals surface area contributed by atoms with Crippen LogP contribution in [0.2, 0.25) is 0 Å². The highest BCUT2D eigenvalue weighted by Gasteiger charge is 2.36. The van der Waals surface area contributed by atoms with Gasteiger partial charge < -0.3 is 14.8 Å². The van der Waals surface area contributed by atoms with Gasteiger partial charge in [-0.25, -0.2) is 9.48 Å². The molecule has 6 nitrogen and oxygen atoms in total. The standard InChI is InChI=1S/C33H33N5O/c1-4-24-16-18-26(19-17-24)34-33(39)37-22-28-29(5-2)35-38(27-13-7-6-8-14-27)32(28)36-20-10-15-30(36)31(37)25-12-9-11-23(3)21-25/h6-21,31H,4-5,22H2,1-3H3,(H,34,39)/t31-/m0/s1. The molecule has 39 heavy (non-hydrogen) atoms. The number of anilines is 1. The van der Waals surface area contributed by atoms with Crippen molar-refractivity contribution in [2.45, 2.75) is 46.2 Å². The summed E-state index contributed by atoms with van der Waals surface area (Å²) in [4.78, 5) is 16.1. The maximum atomic E-state index is 14.1. The first-order valence-electron chi connectivity index (χ1n) is 13.6. The van der Waals surface area contributed by atoms with Crippen molar-refractivity contribution in [3.05, 3.63) is 131 Å². The van der Waals surface area contributed by atoms with Gasteiger partial charge in [-0.2, -0.15) is 5.10 Å². The molecule has 5 aromatic rings. The maximum absolute atomic E-state index is 14.1. The van der Waals surface area contributed by atoms with Crippen LogP contribution in [0.1, 0.15) is 53.5 Å².